The van der Waals surface area contributed by atoms with E-state index in [0.717, 1.165) is 25.4 Å². The summed E-state index contributed by atoms with van der Waals surface area (Å²) in [7, 11) is 3.22. The Kier molecular flexibility index (Phi) is 6.78. The minimum Gasteiger partial charge on any atom is -0.497 e. The van der Waals surface area contributed by atoms with Crippen LogP contribution in [0, 0.1) is 0 Å². The van der Waals surface area contributed by atoms with Crippen molar-refractivity contribution in [3.8, 4) is 5.75 Å². The Hall–Kier alpha value is -2.71. The molecule has 8 nitrogen and oxygen atoms in total. The minimum atomic E-state index is -0.238. The van der Waals surface area contributed by atoms with Crippen LogP contribution < -0.4 is 10.3 Å². The fourth-order valence-corrected chi connectivity index (χ4v) is 3.16. The third-order valence-electron chi connectivity index (χ3n) is 4.82. The van der Waals surface area contributed by atoms with Gasteiger partial charge in [0.25, 0.3) is 11.5 Å². The molecule has 1 aliphatic rings. The summed E-state index contributed by atoms with van der Waals surface area (Å²) in [6.45, 7) is 4.39. The molecule has 3 rings (SSSR count). The van der Waals surface area contributed by atoms with E-state index in [1.807, 2.05) is 12.1 Å². The maximum atomic E-state index is 12.8. The van der Waals surface area contributed by atoms with E-state index < -0.39 is 0 Å². The molecule has 0 aliphatic carbocycles. The first kappa shape index (κ1) is 20.0. The predicted octanol–water partition coefficient (Wildman–Crippen LogP) is 0.856. The maximum absolute atomic E-state index is 12.8. The summed E-state index contributed by atoms with van der Waals surface area (Å²) in [6, 6.07) is 10.9. The van der Waals surface area contributed by atoms with Crippen LogP contribution in [-0.4, -0.2) is 72.5 Å². The number of nitrogens with zero attached hydrogens (tertiary/aromatic N) is 4. The molecule has 1 aromatic carbocycles. The number of ether oxygens (including phenoxy) is 2. The molecule has 0 unspecified atom stereocenters. The number of hydrogen-bond acceptors (Lipinski definition) is 6. The molecule has 1 amide bonds. The van der Waals surface area contributed by atoms with E-state index in [1.165, 1.54) is 22.4 Å². The first-order valence-corrected chi connectivity index (χ1v) is 9.32. The Morgan fingerprint density at radius 2 is 1.75 bits per heavy atom. The van der Waals surface area contributed by atoms with Crippen LogP contribution in [0.5, 0.6) is 5.75 Å². The fraction of sp³-hybridized carbons (Fsp3) is 0.450. The molecule has 0 radical (unpaired) electrons. The molecular weight excluding hydrogens is 360 g/mol. The quantitative estimate of drug-likeness (QED) is 0.702. The smallest absolute Gasteiger partial charge is 0.274 e. The number of amides is 1. The third kappa shape index (κ3) is 4.96. The van der Waals surface area contributed by atoms with Crippen LogP contribution in [0.1, 0.15) is 16.1 Å². The largest absolute Gasteiger partial charge is 0.497 e. The van der Waals surface area contributed by atoms with Gasteiger partial charge in [0.2, 0.25) is 0 Å². The summed E-state index contributed by atoms with van der Waals surface area (Å²) in [5.41, 5.74) is 1.27. The van der Waals surface area contributed by atoms with Crippen molar-refractivity contribution in [1.82, 2.24) is 19.6 Å². The van der Waals surface area contributed by atoms with Gasteiger partial charge in [0, 0.05) is 45.9 Å². The van der Waals surface area contributed by atoms with Gasteiger partial charge in [-0.2, -0.15) is 5.10 Å². The van der Waals surface area contributed by atoms with E-state index in [0.29, 0.717) is 31.9 Å². The van der Waals surface area contributed by atoms with Crippen molar-refractivity contribution in [3.05, 3.63) is 58.0 Å². The second kappa shape index (κ2) is 9.48. The van der Waals surface area contributed by atoms with Crippen LogP contribution in [0.4, 0.5) is 0 Å². The van der Waals surface area contributed by atoms with Crippen molar-refractivity contribution in [1.29, 1.82) is 0 Å². The lowest BCUT2D eigenvalue weighted by Crippen LogP contribution is -2.48. The molecule has 0 bridgehead atoms. The highest BCUT2D eigenvalue weighted by Gasteiger charge is 2.23. The zero-order valence-electron chi connectivity index (χ0n) is 16.3. The van der Waals surface area contributed by atoms with Crippen LogP contribution in [-0.2, 0) is 17.8 Å². The highest BCUT2D eigenvalue weighted by molar-refractivity contribution is 5.92. The molecule has 1 aromatic heterocycles. The first-order chi connectivity index (χ1) is 13.6. The van der Waals surface area contributed by atoms with E-state index in [9.17, 15) is 9.59 Å². The number of carbonyl (C=O) groups is 1. The number of aromatic nitrogens is 2. The van der Waals surface area contributed by atoms with Gasteiger partial charge < -0.3 is 14.4 Å². The van der Waals surface area contributed by atoms with E-state index in [-0.39, 0.29) is 11.5 Å². The lowest BCUT2D eigenvalue weighted by Gasteiger charge is -2.34. The van der Waals surface area contributed by atoms with E-state index in [1.54, 1.807) is 19.1 Å². The average molecular weight is 386 g/mol. The summed E-state index contributed by atoms with van der Waals surface area (Å²) in [4.78, 5) is 28.7. The average Bonchev–Trinajstić information content (AvgIpc) is 2.74. The molecule has 0 saturated carbocycles. The van der Waals surface area contributed by atoms with Gasteiger partial charge in [0.1, 0.15) is 11.4 Å². The Balaban J connectivity index is 1.56. The number of methoxy groups -OCH3 is 2. The molecule has 2 aromatic rings. The molecule has 1 aliphatic heterocycles. The molecule has 28 heavy (non-hydrogen) atoms. The summed E-state index contributed by atoms with van der Waals surface area (Å²) >= 11 is 0. The van der Waals surface area contributed by atoms with E-state index >= 15 is 0 Å². The van der Waals surface area contributed by atoms with Crippen molar-refractivity contribution in [2.45, 2.75) is 13.1 Å². The number of carbonyl (C=O) groups excluding carboxylic acids is 1. The van der Waals surface area contributed by atoms with Crippen molar-refractivity contribution in [2.75, 3.05) is 47.0 Å². The van der Waals surface area contributed by atoms with Crippen molar-refractivity contribution in [2.24, 2.45) is 0 Å². The van der Waals surface area contributed by atoms with Gasteiger partial charge in [0.05, 0.1) is 20.3 Å². The lowest BCUT2D eigenvalue weighted by molar-refractivity contribution is 0.0619. The second-order valence-corrected chi connectivity index (χ2v) is 6.69. The second-order valence-electron chi connectivity index (χ2n) is 6.69. The number of benzene rings is 1. The van der Waals surface area contributed by atoms with E-state index in [2.05, 4.69) is 22.1 Å². The topological polar surface area (TPSA) is 76.9 Å². The molecule has 0 spiro atoms. The number of rotatable bonds is 7. The Labute approximate surface area is 164 Å². The van der Waals surface area contributed by atoms with Gasteiger partial charge in [-0.25, -0.2) is 4.68 Å². The third-order valence-corrected chi connectivity index (χ3v) is 4.82. The first-order valence-electron chi connectivity index (χ1n) is 9.32. The highest BCUT2D eigenvalue weighted by Crippen LogP contribution is 2.14. The molecule has 1 saturated heterocycles. The van der Waals surface area contributed by atoms with Crippen molar-refractivity contribution >= 4 is 5.91 Å². The monoisotopic (exact) mass is 386 g/mol. The molecule has 8 heteroatoms. The fourth-order valence-electron chi connectivity index (χ4n) is 3.16. The summed E-state index contributed by atoms with van der Waals surface area (Å²) in [6.07, 6.45) is 0. The minimum absolute atomic E-state index is 0.143. The Morgan fingerprint density at radius 3 is 2.39 bits per heavy atom. The lowest BCUT2D eigenvalue weighted by atomic mass is 10.2. The van der Waals surface area contributed by atoms with Gasteiger partial charge in [-0.15, -0.1) is 0 Å². The van der Waals surface area contributed by atoms with Crippen LogP contribution in [0.3, 0.4) is 0 Å². The molecule has 0 N–H and O–H groups in total. The highest BCUT2D eigenvalue weighted by atomic mass is 16.5. The molecule has 2 heterocycles. The van der Waals surface area contributed by atoms with Gasteiger partial charge in [-0.3, -0.25) is 14.5 Å². The normalized spacial score (nSPS) is 14.9. The summed E-state index contributed by atoms with van der Waals surface area (Å²) in [5, 5.41) is 4.20. The predicted molar refractivity (Wildman–Crippen MR) is 105 cm³/mol. The van der Waals surface area contributed by atoms with Gasteiger partial charge >= 0.3 is 0 Å². The number of hydrogen-bond donors (Lipinski definition) is 0. The van der Waals surface area contributed by atoms with Gasteiger partial charge in [0.15, 0.2) is 0 Å². The summed E-state index contributed by atoms with van der Waals surface area (Å²) in [5.74, 6) is 0.703. The Bertz CT molecular complexity index is 842. The van der Waals surface area contributed by atoms with Crippen LogP contribution in [0.2, 0.25) is 0 Å². The van der Waals surface area contributed by atoms with Gasteiger partial charge in [-0.05, 0) is 23.8 Å². The molecule has 0 atom stereocenters. The van der Waals surface area contributed by atoms with E-state index in [4.69, 9.17) is 9.47 Å². The van der Waals surface area contributed by atoms with Crippen LogP contribution in [0.25, 0.3) is 0 Å². The SMILES string of the molecule is COCCn1nc(C(=O)N2CCN(Cc3ccc(OC)cc3)CC2)ccc1=O. The zero-order valence-corrected chi connectivity index (χ0v) is 16.3. The molecule has 150 valence electrons. The Morgan fingerprint density at radius 1 is 1.04 bits per heavy atom. The number of piperazine rings is 1. The zero-order chi connectivity index (χ0) is 19.9. The molecular formula is C20H26N4O4. The van der Waals surface area contributed by atoms with Gasteiger partial charge in [-0.1, -0.05) is 12.1 Å². The van der Waals surface area contributed by atoms with Crippen molar-refractivity contribution in [3.63, 3.8) is 0 Å². The van der Waals surface area contributed by atoms with Crippen LogP contribution in [0.15, 0.2) is 41.2 Å². The maximum Gasteiger partial charge on any atom is 0.274 e. The standard InChI is InChI=1S/C20H26N4O4/c1-27-14-13-24-19(25)8-7-18(21-24)20(26)23-11-9-22(10-12-23)15-16-3-5-17(28-2)6-4-16/h3-8H,9-15H2,1-2H3. The van der Waals surface area contributed by atoms with Crippen molar-refractivity contribution < 1.29 is 14.3 Å². The van der Waals surface area contributed by atoms with Crippen LogP contribution >= 0.6 is 0 Å². The summed E-state index contributed by atoms with van der Waals surface area (Å²) < 4.78 is 11.4. The molecule has 1 fully saturated rings.